The molecular weight excluding hydrogens is 182 g/mol. The van der Waals surface area contributed by atoms with E-state index in [4.69, 9.17) is 9.47 Å². The maximum Gasteiger partial charge on any atom is 0.251 e. The highest BCUT2D eigenvalue weighted by Crippen LogP contribution is 2.03. The van der Waals surface area contributed by atoms with Gasteiger partial charge in [0.2, 0.25) is 0 Å². The quantitative estimate of drug-likeness (QED) is 0.616. The highest BCUT2D eigenvalue weighted by molar-refractivity contribution is 5.80. The Morgan fingerprint density at radius 1 is 1.64 bits per heavy atom. The van der Waals surface area contributed by atoms with Gasteiger partial charge >= 0.3 is 0 Å². The van der Waals surface area contributed by atoms with Crippen LogP contribution in [0.2, 0.25) is 0 Å². The molecule has 0 radical (unpaired) electrons. The zero-order valence-electron chi connectivity index (χ0n) is 8.57. The molecule has 1 heterocycles. The van der Waals surface area contributed by atoms with Gasteiger partial charge in [-0.25, -0.2) is 0 Å². The molecule has 0 bridgehead atoms. The fourth-order valence-corrected chi connectivity index (χ4v) is 1.32. The highest BCUT2D eigenvalue weighted by atomic mass is 16.5. The molecule has 1 atom stereocenters. The monoisotopic (exact) mass is 199 g/mol. The molecule has 0 unspecified atom stereocenters. The van der Waals surface area contributed by atoms with Crippen molar-refractivity contribution in [1.82, 2.24) is 4.90 Å². The largest absolute Gasteiger partial charge is 0.378 e. The third-order valence-electron chi connectivity index (χ3n) is 2.13. The molecule has 1 rings (SSSR count). The Labute approximate surface area is 84.5 Å². The first-order valence-electron chi connectivity index (χ1n) is 4.84. The van der Waals surface area contributed by atoms with Crippen LogP contribution in [-0.4, -0.2) is 49.8 Å². The van der Waals surface area contributed by atoms with Crippen LogP contribution in [0.3, 0.4) is 0 Å². The molecule has 80 valence electrons. The lowest BCUT2D eigenvalue weighted by molar-refractivity contribution is -0.145. The van der Waals surface area contributed by atoms with Crippen LogP contribution in [0.25, 0.3) is 0 Å². The third kappa shape index (κ3) is 3.12. The highest BCUT2D eigenvalue weighted by Gasteiger charge is 2.22. The molecule has 0 aromatic rings. The average molecular weight is 199 g/mol. The smallest absolute Gasteiger partial charge is 0.251 e. The van der Waals surface area contributed by atoms with Crippen molar-refractivity contribution in [3.8, 4) is 0 Å². The van der Waals surface area contributed by atoms with E-state index in [0.29, 0.717) is 32.9 Å². The minimum Gasteiger partial charge on any atom is -0.378 e. The van der Waals surface area contributed by atoms with E-state index in [9.17, 15) is 4.79 Å². The molecule has 0 aliphatic carbocycles. The van der Waals surface area contributed by atoms with E-state index in [1.807, 2.05) is 0 Å². The molecular formula is C10H17NO3. The van der Waals surface area contributed by atoms with E-state index in [2.05, 4.69) is 6.58 Å². The maximum atomic E-state index is 11.7. The van der Waals surface area contributed by atoms with Crippen LogP contribution in [0, 0.1) is 0 Å². The number of carbonyl (C=O) groups is 1. The molecule has 1 fully saturated rings. The number of hydrogen-bond acceptors (Lipinski definition) is 3. The first-order valence-corrected chi connectivity index (χ1v) is 4.84. The van der Waals surface area contributed by atoms with Crippen LogP contribution in [0.5, 0.6) is 0 Å². The van der Waals surface area contributed by atoms with Gasteiger partial charge in [-0.1, -0.05) is 6.08 Å². The van der Waals surface area contributed by atoms with Crippen LogP contribution in [0.15, 0.2) is 12.7 Å². The molecule has 0 N–H and O–H groups in total. The zero-order chi connectivity index (χ0) is 10.4. The lowest BCUT2D eigenvalue weighted by atomic mass is 10.3. The van der Waals surface area contributed by atoms with Gasteiger partial charge in [-0.05, 0) is 6.92 Å². The van der Waals surface area contributed by atoms with Gasteiger partial charge in [0.25, 0.3) is 5.91 Å². The molecule has 4 heteroatoms. The van der Waals surface area contributed by atoms with Crippen LogP contribution >= 0.6 is 0 Å². The fourth-order valence-electron chi connectivity index (χ4n) is 1.32. The molecule has 14 heavy (non-hydrogen) atoms. The Morgan fingerprint density at radius 3 is 2.86 bits per heavy atom. The maximum absolute atomic E-state index is 11.7. The SMILES string of the molecule is C=CCO[C@H](C)C(=O)N1CCOCC1. The Hall–Kier alpha value is -0.870. The Bertz CT molecular complexity index is 200. The topological polar surface area (TPSA) is 38.8 Å². The molecule has 1 amide bonds. The van der Waals surface area contributed by atoms with Gasteiger partial charge in [0.1, 0.15) is 6.10 Å². The number of amides is 1. The number of carbonyl (C=O) groups excluding carboxylic acids is 1. The minimum absolute atomic E-state index is 0.0372. The van der Waals surface area contributed by atoms with Crippen molar-refractivity contribution in [2.75, 3.05) is 32.9 Å². The molecule has 1 saturated heterocycles. The number of morpholine rings is 1. The van der Waals surface area contributed by atoms with Crippen LogP contribution < -0.4 is 0 Å². The molecule has 0 aromatic heterocycles. The van der Waals surface area contributed by atoms with Crippen molar-refractivity contribution in [1.29, 1.82) is 0 Å². The number of hydrogen-bond donors (Lipinski definition) is 0. The second kappa shape index (κ2) is 5.78. The molecule has 4 nitrogen and oxygen atoms in total. The normalized spacial score (nSPS) is 19.1. The van der Waals surface area contributed by atoms with Gasteiger partial charge in [-0.3, -0.25) is 4.79 Å². The lowest BCUT2D eigenvalue weighted by Gasteiger charge is -2.29. The van der Waals surface area contributed by atoms with Crippen LogP contribution in [-0.2, 0) is 14.3 Å². The van der Waals surface area contributed by atoms with Crippen molar-refractivity contribution < 1.29 is 14.3 Å². The lowest BCUT2D eigenvalue weighted by Crippen LogP contribution is -2.45. The third-order valence-corrected chi connectivity index (χ3v) is 2.13. The van der Waals surface area contributed by atoms with Gasteiger partial charge in [-0.15, -0.1) is 6.58 Å². The summed E-state index contributed by atoms with van der Waals surface area (Å²) in [5.74, 6) is 0.0372. The number of nitrogens with zero attached hydrogens (tertiary/aromatic N) is 1. The Balaban J connectivity index is 2.34. The van der Waals surface area contributed by atoms with Gasteiger partial charge in [0, 0.05) is 13.1 Å². The summed E-state index contributed by atoms with van der Waals surface area (Å²) in [4.78, 5) is 13.5. The van der Waals surface area contributed by atoms with E-state index in [1.165, 1.54) is 0 Å². The standard InChI is InChI=1S/C10H17NO3/c1-3-6-14-9(2)10(12)11-4-7-13-8-5-11/h3,9H,1,4-8H2,2H3/t9-/m1/s1. The summed E-state index contributed by atoms with van der Waals surface area (Å²) < 4.78 is 10.4. The zero-order valence-corrected chi connectivity index (χ0v) is 8.57. The van der Waals surface area contributed by atoms with E-state index < -0.39 is 0 Å². The first kappa shape index (κ1) is 11.2. The predicted octanol–water partition coefficient (Wildman–Crippen LogP) is 0.436. The Morgan fingerprint density at radius 2 is 2.29 bits per heavy atom. The van der Waals surface area contributed by atoms with Gasteiger partial charge in [0.15, 0.2) is 0 Å². The summed E-state index contributed by atoms with van der Waals surface area (Å²) in [6, 6.07) is 0. The second-order valence-electron chi connectivity index (χ2n) is 3.20. The average Bonchev–Trinajstić information content (AvgIpc) is 2.26. The summed E-state index contributed by atoms with van der Waals surface area (Å²) in [7, 11) is 0. The van der Waals surface area contributed by atoms with Gasteiger partial charge < -0.3 is 14.4 Å². The fraction of sp³-hybridized carbons (Fsp3) is 0.700. The van der Waals surface area contributed by atoms with Crippen molar-refractivity contribution in [2.45, 2.75) is 13.0 Å². The van der Waals surface area contributed by atoms with E-state index in [1.54, 1.807) is 17.9 Å². The van der Waals surface area contributed by atoms with Crippen molar-refractivity contribution >= 4 is 5.91 Å². The van der Waals surface area contributed by atoms with Crippen molar-refractivity contribution in [3.05, 3.63) is 12.7 Å². The number of rotatable bonds is 4. The molecule has 1 aliphatic rings. The second-order valence-corrected chi connectivity index (χ2v) is 3.20. The van der Waals surface area contributed by atoms with Crippen molar-refractivity contribution in [2.24, 2.45) is 0 Å². The van der Waals surface area contributed by atoms with E-state index >= 15 is 0 Å². The van der Waals surface area contributed by atoms with E-state index in [-0.39, 0.29) is 12.0 Å². The molecule has 0 spiro atoms. The minimum atomic E-state index is -0.383. The van der Waals surface area contributed by atoms with Crippen LogP contribution in [0.1, 0.15) is 6.92 Å². The number of ether oxygens (including phenoxy) is 2. The van der Waals surface area contributed by atoms with Crippen LogP contribution in [0.4, 0.5) is 0 Å². The Kier molecular flexibility index (Phi) is 4.62. The molecule has 0 aromatic carbocycles. The van der Waals surface area contributed by atoms with Crippen molar-refractivity contribution in [3.63, 3.8) is 0 Å². The summed E-state index contributed by atoms with van der Waals surface area (Å²) in [5, 5.41) is 0. The van der Waals surface area contributed by atoms with Gasteiger partial charge in [-0.2, -0.15) is 0 Å². The predicted molar refractivity (Wildman–Crippen MR) is 53.0 cm³/mol. The summed E-state index contributed by atoms with van der Waals surface area (Å²) >= 11 is 0. The van der Waals surface area contributed by atoms with Gasteiger partial charge in [0.05, 0.1) is 19.8 Å². The first-order chi connectivity index (χ1) is 6.75. The summed E-state index contributed by atoms with van der Waals surface area (Å²) in [6.45, 7) is 8.30. The summed E-state index contributed by atoms with van der Waals surface area (Å²) in [5.41, 5.74) is 0. The van der Waals surface area contributed by atoms with E-state index in [0.717, 1.165) is 0 Å². The molecule has 1 aliphatic heterocycles. The summed E-state index contributed by atoms with van der Waals surface area (Å²) in [6.07, 6.45) is 1.26. The molecule has 0 saturated carbocycles.